The summed E-state index contributed by atoms with van der Waals surface area (Å²) in [4.78, 5) is 2.34. The summed E-state index contributed by atoms with van der Waals surface area (Å²) in [5.74, 6) is 0. The Labute approximate surface area is 113 Å². The fourth-order valence-electron chi connectivity index (χ4n) is 1.87. The Morgan fingerprint density at radius 3 is 2.29 bits per heavy atom. The molecule has 0 spiro atoms. The van der Waals surface area contributed by atoms with Crippen molar-refractivity contribution in [1.82, 2.24) is 4.90 Å². The number of aliphatic hydroxyl groups is 1. The zero-order valence-corrected chi connectivity index (χ0v) is 12.3. The van der Waals surface area contributed by atoms with E-state index in [1.165, 1.54) is 5.56 Å². The molecule has 1 aromatic carbocycles. The maximum absolute atomic E-state index is 9.97. The van der Waals surface area contributed by atoms with Crippen LogP contribution in [0.1, 0.15) is 25.8 Å². The molecule has 0 amide bonds. The van der Waals surface area contributed by atoms with Gasteiger partial charge in [-0.25, -0.2) is 0 Å². The van der Waals surface area contributed by atoms with Gasteiger partial charge in [0.15, 0.2) is 0 Å². The number of rotatable bonds is 7. The average molecular weight is 300 g/mol. The van der Waals surface area contributed by atoms with Crippen molar-refractivity contribution in [2.24, 2.45) is 0 Å². The standard InChI is InChI=1S/C14H22BrNO/c1-3-16(4-2)10-9-14(17)11-12-5-7-13(15)8-6-12/h5-8,14,17H,3-4,9-11H2,1-2H3. The summed E-state index contributed by atoms with van der Waals surface area (Å²) in [6.07, 6.45) is 1.35. The van der Waals surface area contributed by atoms with Gasteiger partial charge in [-0.15, -0.1) is 0 Å². The van der Waals surface area contributed by atoms with Gasteiger partial charge in [0, 0.05) is 11.0 Å². The molecule has 96 valence electrons. The molecule has 1 atom stereocenters. The van der Waals surface area contributed by atoms with E-state index in [9.17, 15) is 5.11 Å². The first kappa shape index (κ1) is 14.7. The summed E-state index contributed by atoms with van der Waals surface area (Å²) in [6.45, 7) is 7.41. The maximum atomic E-state index is 9.97. The lowest BCUT2D eigenvalue weighted by Gasteiger charge is -2.20. The Balaban J connectivity index is 2.34. The second-order valence-electron chi connectivity index (χ2n) is 4.30. The summed E-state index contributed by atoms with van der Waals surface area (Å²) in [6, 6.07) is 8.16. The molecule has 2 nitrogen and oxygen atoms in total. The monoisotopic (exact) mass is 299 g/mol. The Hall–Kier alpha value is -0.380. The molecule has 0 saturated heterocycles. The molecule has 3 heteroatoms. The van der Waals surface area contributed by atoms with Gasteiger partial charge in [-0.05, 0) is 43.6 Å². The summed E-state index contributed by atoms with van der Waals surface area (Å²) >= 11 is 3.41. The van der Waals surface area contributed by atoms with Crippen molar-refractivity contribution in [2.45, 2.75) is 32.8 Å². The molecule has 0 bridgehead atoms. The third kappa shape index (κ3) is 5.66. The van der Waals surface area contributed by atoms with E-state index in [-0.39, 0.29) is 6.10 Å². The molecule has 0 aliphatic rings. The Morgan fingerprint density at radius 1 is 1.18 bits per heavy atom. The molecule has 17 heavy (non-hydrogen) atoms. The van der Waals surface area contributed by atoms with Crippen LogP contribution in [0.5, 0.6) is 0 Å². The van der Waals surface area contributed by atoms with Crippen LogP contribution in [-0.2, 0) is 6.42 Å². The molecule has 1 aromatic rings. The molecule has 0 aromatic heterocycles. The minimum absolute atomic E-state index is 0.239. The quantitative estimate of drug-likeness (QED) is 0.836. The second-order valence-corrected chi connectivity index (χ2v) is 5.22. The van der Waals surface area contributed by atoms with Gasteiger partial charge in [-0.1, -0.05) is 41.9 Å². The van der Waals surface area contributed by atoms with Gasteiger partial charge in [-0.2, -0.15) is 0 Å². The predicted octanol–water partition coefficient (Wildman–Crippen LogP) is 3.08. The van der Waals surface area contributed by atoms with Crippen molar-refractivity contribution >= 4 is 15.9 Å². The summed E-state index contributed by atoms with van der Waals surface area (Å²) in [5.41, 5.74) is 1.19. The van der Waals surface area contributed by atoms with Gasteiger partial charge in [0.2, 0.25) is 0 Å². The lowest BCUT2D eigenvalue weighted by molar-refractivity contribution is 0.143. The molecule has 1 rings (SSSR count). The lowest BCUT2D eigenvalue weighted by Crippen LogP contribution is -2.27. The van der Waals surface area contributed by atoms with Gasteiger partial charge in [0.05, 0.1) is 6.10 Å². The minimum atomic E-state index is -0.239. The Morgan fingerprint density at radius 2 is 1.76 bits per heavy atom. The van der Waals surface area contributed by atoms with E-state index >= 15 is 0 Å². The second kappa shape index (κ2) is 7.85. The molecule has 0 aliphatic heterocycles. The van der Waals surface area contributed by atoms with Gasteiger partial charge >= 0.3 is 0 Å². The number of nitrogens with zero attached hydrogens (tertiary/aromatic N) is 1. The zero-order valence-electron chi connectivity index (χ0n) is 10.7. The predicted molar refractivity (Wildman–Crippen MR) is 76.3 cm³/mol. The highest BCUT2D eigenvalue weighted by atomic mass is 79.9. The summed E-state index contributed by atoms with van der Waals surface area (Å²) < 4.78 is 1.08. The van der Waals surface area contributed by atoms with Crippen LogP contribution in [0.4, 0.5) is 0 Å². The number of hydrogen-bond donors (Lipinski definition) is 1. The first-order valence-electron chi connectivity index (χ1n) is 6.30. The smallest absolute Gasteiger partial charge is 0.0592 e. The highest BCUT2D eigenvalue weighted by Crippen LogP contribution is 2.12. The third-order valence-electron chi connectivity index (χ3n) is 3.06. The molecule has 0 heterocycles. The van der Waals surface area contributed by atoms with Crippen LogP contribution in [0.25, 0.3) is 0 Å². The lowest BCUT2D eigenvalue weighted by atomic mass is 10.1. The van der Waals surface area contributed by atoms with Gasteiger partial charge in [0.25, 0.3) is 0 Å². The Bertz CT molecular complexity index is 309. The van der Waals surface area contributed by atoms with Crippen molar-refractivity contribution < 1.29 is 5.11 Å². The normalized spacial score (nSPS) is 13.0. The van der Waals surface area contributed by atoms with Gasteiger partial charge in [-0.3, -0.25) is 0 Å². The highest BCUT2D eigenvalue weighted by Gasteiger charge is 2.07. The molecule has 0 saturated carbocycles. The van der Waals surface area contributed by atoms with Crippen LogP contribution < -0.4 is 0 Å². The molecule has 1 N–H and O–H groups in total. The number of benzene rings is 1. The average Bonchev–Trinajstić information content (AvgIpc) is 2.33. The van der Waals surface area contributed by atoms with Crippen molar-refractivity contribution in [2.75, 3.05) is 19.6 Å². The van der Waals surface area contributed by atoms with Gasteiger partial charge < -0.3 is 10.0 Å². The first-order valence-corrected chi connectivity index (χ1v) is 7.09. The Kier molecular flexibility index (Phi) is 6.78. The van der Waals surface area contributed by atoms with E-state index in [2.05, 4.69) is 46.8 Å². The van der Waals surface area contributed by atoms with E-state index in [0.29, 0.717) is 0 Å². The fraction of sp³-hybridized carbons (Fsp3) is 0.571. The van der Waals surface area contributed by atoms with Crippen LogP contribution in [-0.4, -0.2) is 35.7 Å². The van der Waals surface area contributed by atoms with Crippen LogP contribution in [0.2, 0.25) is 0 Å². The summed E-state index contributed by atoms with van der Waals surface area (Å²) in [7, 11) is 0. The van der Waals surface area contributed by atoms with Gasteiger partial charge in [0.1, 0.15) is 0 Å². The third-order valence-corrected chi connectivity index (χ3v) is 3.59. The fourth-order valence-corrected chi connectivity index (χ4v) is 2.13. The van der Waals surface area contributed by atoms with Crippen molar-refractivity contribution in [3.63, 3.8) is 0 Å². The molecule has 0 aliphatic carbocycles. The van der Waals surface area contributed by atoms with Crippen LogP contribution in [0.3, 0.4) is 0 Å². The largest absolute Gasteiger partial charge is 0.393 e. The first-order chi connectivity index (χ1) is 8.15. The van der Waals surface area contributed by atoms with Crippen LogP contribution in [0, 0.1) is 0 Å². The number of halogens is 1. The molecular formula is C14H22BrNO. The van der Waals surface area contributed by atoms with Crippen LogP contribution >= 0.6 is 15.9 Å². The topological polar surface area (TPSA) is 23.5 Å². The van der Waals surface area contributed by atoms with E-state index in [1.54, 1.807) is 0 Å². The number of hydrogen-bond acceptors (Lipinski definition) is 2. The number of aliphatic hydroxyl groups excluding tert-OH is 1. The van der Waals surface area contributed by atoms with Crippen molar-refractivity contribution in [3.8, 4) is 0 Å². The molecule has 0 radical (unpaired) electrons. The molecule has 0 fully saturated rings. The van der Waals surface area contributed by atoms with Crippen molar-refractivity contribution in [1.29, 1.82) is 0 Å². The van der Waals surface area contributed by atoms with E-state index in [0.717, 1.165) is 36.9 Å². The summed E-state index contributed by atoms with van der Waals surface area (Å²) in [5, 5.41) is 9.97. The molecular weight excluding hydrogens is 278 g/mol. The maximum Gasteiger partial charge on any atom is 0.0592 e. The highest BCUT2D eigenvalue weighted by molar-refractivity contribution is 9.10. The van der Waals surface area contributed by atoms with Crippen molar-refractivity contribution in [3.05, 3.63) is 34.3 Å². The SMILES string of the molecule is CCN(CC)CCC(O)Cc1ccc(Br)cc1. The molecule has 1 unspecified atom stereocenters. The van der Waals surface area contributed by atoms with E-state index in [1.807, 2.05) is 12.1 Å². The zero-order chi connectivity index (χ0) is 12.7. The van der Waals surface area contributed by atoms with E-state index < -0.39 is 0 Å². The minimum Gasteiger partial charge on any atom is -0.393 e. The van der Waals surface area contributed by atoms with E-state index in [4.69, 9.17) is 0 Å². The van der Waals surface area contributed by atoms with Crippen LogP contribution in [0.15, 0.2) is 28.7 Å².